The Morgan fingerprint density at radius 2 is 1.65 bits per heavy atom. The number of amides is 1. The van der Waals surface area contributed by atoms with Crippen LogP contribution in [0.15, 0.2) is 66.7 Å². The zero-order chi connectivity index (χ0) is 23.2. The molecule has 0 N–H and O–H groups in total. The number of hydrogen-bond donors (Lipinski definition) is 0. The number of pyridine rings is 1. The molecular formula is C28H24F2N2O2. The van der Waals surface area contributed by atoms with Crippen molar-refractivity contribution in [3.05, 3.63) is 95.3 Å². The van der Waals surface area contributed by atoms with E-state index < -0.39 is 11.9 Å². The molecule has 3 aliphatic rings. The van der Waals surface area contributed by atoms with E-state index in [-0.39, 0.29) is 30.7 Å². The van der Waals surface area contributed by atoms with E-state index in [0.29, 0.717) is 12.0 Å². The molecule has 34 heavy (non-hydrogen) atoms. The van der Waals surface area contributed by atoms with Crippen LogP contribution in [0.3, 0.4) is 0 Å². The Hall–Kier alpha value is -3.54. The third-order valence-corrected chi connectivity index (χ3v) is 7.34. The maximum Gasteiger partial charge on any atom is 0.410 e. The molecule has 2 aliphatic heterocycles. The molecule has 4 nitrogen and oxygen atoms in total. The van der Waals surface area contributed by atoms with Crippen LogP contribution in [0.25, 0.3) is 16.7 Å². The maximum absolute atomic E-state index is 14.3. The van der Waals surface area contributed by atoms with E-state index in [9.17, 15) is 13.6 Å². The van der Waals surface area contributed by atoms with Crippen molar-refractivity contribution in [2.24, 2.45) is 0 Å². The van der Waals surface area contributed by atoms with Crippen molar-refractivity contribution in [3.63, 3.8) is 0 Å². The molecule has 6 rings (SSSR count). The van der Waals surface area contributed by atoms with E-state index in [1.165, 1.54) is 34.4 Å². The second-order valence-corrected chi connectivity index (χ2v) is 9.23. The summed E-state index contributed by atoms with van der Waals surface area (Å²) < 4.78 is 33.5. The minimum absolute atomic E-state index is 0.00599. The van der Waals surface area contributed by atoms with Gasteiger partial charge in [0, 0.05) is 17.5 Å². The number of piperidine rings is 1. The summed E-state index contributed by atoms with van der Waals surface area (Å²) in [5.74, 6) is -1.64. The van der Waals surface area contributed by atoms with Crippen LogP contribution < -0.4 is 0 Å². The molecule has 2 atom stereocenters. The fourth-order valence-corrected chi connectivity index (χ4v) is 5.83. The first-order chi connectivity index (χ1) is 16.6. The van der Waals surface area contributed by atoms with E-state index >= 15 is 0 Å². The van der Waals surface area contributed by atoms with Crippen LogP contribution in [-0.4, -0.2) is 34.7 Å². The smallest absolute Gasteiger partial charge is 0.410 e. The van der Waals surface area contributed by atoms with Crippen molar-refractivity contribution in [2.75, 3.05) is 6.61 Å². The van der Waals surface area contributed by atoms with E-state index in [1.807, 2.05) is 35.2 Å². The Bertz CT molecular complexity index is 1260. The summed E-state index contributed by atoms with van der Waals surface area (Å²) in [5.41, 5.74) is 5.83. The summed E-state index contributed by atoms with van der Waals surface area (Å²) in [4.78, 5) is 18.4. The van der Waals surface area contributed by atoms with Crippen LogP contribution in [0, 0.1) is 11.9 Å². The Kier molecular flexibility index (Phi) is 5.16. The number of halogens is 2. The lowest BCUT2D eigenvalue weighted by Crippen LogP contribution is -2.52. The van der Waals surface area contributed by atoms with Gasteiger partial charge in [-0.1, -0.05) is 54.6 Å². The summed E-state index contributed by atoms with van der Waals surface area (Å²) in [7, 11) is 0. The average Bonchev–Trinajstić information content (AvgIpc) is 3.15. The number of ether oxygens (including phenoxy) is 1. The lowest BCUT2D eigenvalue weighted by atomic mass is 9.83. The van der Waals surface area contributed by atoms with Gasteiger partial charge in [-0.3, -0.25) is 4.90 Å². The predicted octanol–water partition coefficient (Wildman–Crippen LogP) is 6.32. The molecule has 2 unspecified atom stereocenters. The van der Waals surface area contributed by atoms with Crippen LogP contribution in [0.5, 0.6) is 0 Å². The molecule has 0 radical (unpaired) electrons. The van der Waals surface area contributed by atoms with Crippen LogP contribution in [-0.2, 0) is 4.74 Å². The van der Waals surface area contributed by atoms with E-state index in [0.717, 1.165) is 24.8 Å². The summed E-state index contributed by atoms with van der Waals surface area (Å²) in [6.45, 7) is 0.274. The Balaban J connectivity index is 1.23. The summed E-state index contributed by atoms with van der Waals surface area (Å²) >= 11 is 0. The SMILES string of the molecule is O=C(OCC1c2ccccc2-c2ccccc21)N1C2C=C(c3ccc(F)nc3F)CC1CCC2. The van der Waals surface area contributed by atoms with Gasteiger partial charge < -0.3 is 4.74 Å². The third kappa shape index (κ3) is 3.49. The molecule has 3 aromatic rings. The van der Waals surface area contributed by atoms with Crippen LogP contribution in [0.1, 0.15) is 48.3 Å². The number of benzene rings is 2. The monoisotopic (exact) mass is 458 g/mol. The number of carbonyl (C=O) groups excluding carboxylic acids is 1. The van der Waals surface area contributed by atoms with Crippen molar-refractivity contribution in [2.45, 2.75) is 43.7 Å². The molecule has 1 saturated heterocycles. The van der Waals surface area contributed by atoms with Gasteiger partial charge in [0.1, 0.15) is 6.61 Å². The molecule has 2 bridgehead atoms. The van der Waals surface area contributed by atoms with Gasteiger partial charge in [-0.05, 0) is 65.6 Å². The quantitative estimate of drug-likeness (QED) is 0.432. The fourth-order valence-electron chi connectivity index (χ4n) is 5.83. The Morgan fingerprint density at radius 1 is 0.941 bits per heavy atom. The maximum atomic E-state index is 14.3. The van der Waals surface area contributed by atoms with Gasteiger partial charge in [-0.2, -0.15) is 13.8 Å². The third-order valence-electron chi connectivity index (χ3n) is 7.34. The number of aromatic nitrogens is 1. The minimum atomic E-state index is -0.835. The minimum Gasteiger partial charge on any atom is -0.448 e. The van der Waals surface area contributed by atoms with Gasteiger partial charge >= 0.3 is 6.09 Å². The Morgan fingerprint density at radius 3 is 2.32 bits per heavy atom. The normalized spacial score (nSPS) is 21.0. The first-order valence-electron chi connectivity index (χ1n) is 11.8. The number of carbonyl (C=O) groups is 1. The van der Waals surface area contributed by atoms with Gasteiger partial charge in [-0.15, -0.1) is 0 Å². The van der Waals surface area contributed by atoms with Crippen molar-refractivity contribution >= 4 is 11.7 Å². The molecule has 1 aliphatic carbocycles. The lowest BCUT2D eigenvalue weighted by Gasteiger charge is -2.44. The Labute approximate surface area is 196 Å². The highest BCUT2D eigenvalue weighted by Gasteiger charge is 2.39. The molecule has 3 heterocycles. The zero-order valence-electron chi connectivity index (χ0n) is 18.6. The van der Waals surface area contributed by atoms with Crippen molar-refractivity contribution in [3.8, 4) is 11.1 Å². The molecule has 2 aromatic carbocycles. The van der Waals surface area contributed by atoms with Gasteiger partial charge in [0.15, 0.2) is 0 Å². The van der Waals surface area contributed by atoms with Gasteiger partial charge in [0.2, 0.25) is 11.9 Å². The highest BCUT2D eigenvalue weighted by atomic mass is 19.1. The van der Waals surface area contributed by atoms with Gasteiger partial charge in [-0.25, -0.2) is 4.79 Å². The van der Waals surface area contributed by atoms with Gasteiger partial charge in [0.25, 0.3) is 0 Å². The molecule has 1 aromatic heterocycles. The predicted molar refractivity (Wildman–Crippen MR) is 125 cm³/mol. The number of nitrogens with zero attached hydrogens (tertiary/aromatic N) is 2. The summed E-state index contributed by atoms with van der Waals surface area (Å²) in [6, 6.07) is 18.9. The van der Waals surface area contributed by atoms with E-state index in [1.54, 1.807) is 0 Å². The lowest BCUT2D eigenvalue weighted by molar-refractivity contribution is 0.0538. The standard InChI is InChI=1S/C28H24F2N2O2/c29-26-13-12-20(27(30)31-26)17-14-18-6-5-7-19(15-17)32(18)28(33)34-16-25-23-10-3-1-8-21(23)22-9-2-4-11-24(22)25/h1-4,8-14,18-19,25H,5-7,15-16H2. The number of rotatable bonds is 3. The molecule has 0 saturated carbocycles. The molecule has 1 amide bonds. The zero-order valence-corrected chi connectivity index (χ0v) is 18.6. The first kappa shape index (κ1) is 21.0. The van der Waals surface area contributed by atoms with E-state index in [2.05, 4.69) is 29.2 Å². The van der Waals surface area contributed by atoms with Crippen LogP contribution >= 0.6 is 0 Å². The topological polar surface area (TPSA) is 42.4 Å². The largest absolute Gasteiger partial charge is 0.448 e. The molecule has 6 heteroatoms. The van der Waals surface area contributed by atoms with Crippen molar-refractivity contribution < 1.29 is 18.3 Å². The molecule has 1 fully saturated rings. The van der Waals surface area contributed by atoms with Gasteiger partial charge in [0.05, 0.1) is 6.04 Å². The summed E-state index contributed by atoms with van der Waals surface area (Å²) in [6.07, 6.45) is 4.72. The molecule has 172 valence electrons. The molecular weight excluding hydrogens is 434 g/mol. The highest BCUT2D eigenvalue weighted by molar-refractivity contribution is 5.79. The van der Waals surface area contributed by atoms with Crippen LogP contribution in [0.2, 0.25) is 0 Å². The number of hydrogen-bond acceptors (Lipinski definition) is 3. The second kappa shape index (κ2) is 8.35. The van der Waals surface area contributed by atoms with E-state index in [4.69, 9.17) is 4.74 Å². The fraction of sp³-hybridized carbons (Fsp3) is 0.286. The summed E-state index contributed by atoms with van der Waals surface area (Å²) in [5, 5.41) is 0. The molecule has 0 spiro atoms. The highest BCUT2D eigenvalue weighted by Crippen LogP contribution is 2.45. The van der Waals surface area contributed by atoms with Crippen molar-refractivity contribution in [1.29, 1.82) is 0 Å². The average molecular weight is 459 g/mol. The second-order valence-electron chi connectivity index (χ2n) is 9.23. The first-order valence-corrected chi connectivity index (χ1v) is 11.8. The van der Waals surface area contributed by atoms with Crippen molar-refractivity contribution in [1.82, 2.24) is 9.88 Å². The number of fused-ring (bicyclic) bond motifs is 5. The van der Waals surface area contributed by atoms with Crippen LogP contribution in [0.4, 0.5) is 13.6 Å².